The van der Waals surface area contributed by atoms with Gasteiger partial charge in [-0.2, -0.15) is 0 Å². The largest absolute Gasteiger partial charge is 0.393 e. The van der Waals surface area contributed by atoms with E-state index in [1.54, 1.807) is 0 Å². The Morgan fingerprint density at radius 2 is 1.89 bits per heavy atom. The van der Waals surface area contributed by atoms with E-state index in [2.05, 4.69) is 5.32 Å². The van der Waals surface area contributed by atoms with Crippen LogP contribution < -0.4 is 11.1 Å². The van der Waals surface area contributed by atoms with E-state index in [-0.39, 0.29) is 18.1 Å². The van der Waals surface area contributed by atoms with E-state index in [1.807, 2.05) is 30.3 Å². The molecule has 2 rings (SSSR count). The van der Waals surface area contributed by atoms with Gasteiger partial charge in [-0.05, 0) is 37.7 Å². The molecule has 19 heavy (non-hydrogen) atoms. The number of aliphatic hydroxyl groups is 1. The molecule has 1 fully saturated rings. The molecule has 1 aliphatic carbocycles. The molecular weight excluding hydrogens is 240 g/mol. The van der Waals surface area contributed by atoms with E-state index in [4.69, 9.17) is 5.73 Å². The zero-order chi connectivity index (χ0) is 13.7. The van der Waals surface area contributed by atoms with Gasteiger partial charge in [0, 0.05) is 6.04 Å². The van der Waals surface area contributed by atoms with Crippen LogP contribution in [0.5, 0.6) is 0 Å². The number of nitrogens with two attached hydrogens (primary N) is 1. The molecule has 104 valence electrons. The molecule has 0 saturated heterocycles. The first kappa shape index (κ1) is 14.0. The summed E-state index contributed by atoms with van der Waals surface area (Å²) in [4.78, 5) is 12.0. The highest BCUT2D eigenvalue weighted by Gasteiger charge is 2.23. The summed E-state index contributed by atoms with van der Waals surface area (Å²) in [5.74, 6) is -0.0924. The Balaban J connectivity index is 1.79. The summed E-state index contributed by atoms with van der Waals surface area (Å²) in [6.45, 7) is 0. The molecule has 0 heterocycles. The van der Waals surface area contributed by atoms with Crippen molar-refractivity contribution >= 4 is 5.91 Å². The molecule has 1 aliphatic rings. The summed E-state index contributed by atoms with van der Waals surface area (Å²) in [5.41, 5.74) is 7.01. The minimum Gasteiger partial charge on any atom is -0.393 e. The van der Waals surface area contributed by atoms with Crippen molar-refractivity contribution in [1.82, 2.24) is 5.32 Å². The predicted octanol–water partition coefficient (Wildman–Crippen LogP) is 0.976. The van der Waals surface area contributed by atoms with Crippen molar-refractivity contribution in [1.29, 1.82) is 0 Å². The molecule has 0 aromatic heterocycles. The van der Waals surface area contributed by atoms with Gasteiger partial charge in [-0.1, -0.05) is 30.3 Å². The van der Waals surface area contributed by atoms with Crippen LogP contribution in [0.3, 0.4) is 0 Å². The highest BCUT2D eigenvalue weighted by atomic mass is 16.3. The Labute approximate surface area is 114 Å². The van der Waals surface area contributed by atoms with Crippen LogP contribution in [0.25, 0.3) is 0 Å². The number of amides is 1. The predicted molar refractivity (Wildman–Crippen MR) is 74.5 cm³/mol. The van der Waals surface area contributed by atoms with Crippen molar-refractivity contribution in [3.63, 3.8) is 0 Å². The highest BCUT2D eigenvalue weighted by Crippen LogP contribution is 2.18. The van der Waals surface area contributed by atoms with Crippen molar-refractivity contribution in [3.05, 3.63) is 35.9 Å². The average molecular weight is 262 g/mol. The lowest BCUT2D eigenvalue weighted by Gasteiger charge is -2.27. The molecule has 4 nitrogen and oxygen atoms in total. The van der Waals surface area contributed by atoms with E-state index < -0.39 is 6.04 Å². The number of hydrogen-bond acceptors (Lipinski definition) is 3. The van der Waals surface area contributed by atoms with Crippen molar-refractivity contribution in [2.45, 2.75) is 50.3 Å². The molecule has 0 spiro atoms. The van der Waals surface area contributed by atoms with E-state index in [1.165, 1.54) is 0 Å². The molecular formula is C15H22N2O2. The summed E-state index contributed by atoms with van der Waals surface area (Å²) in [6.07, 6.45) is 3.56. The number of rotatable bonds is 4. The summed E-state index contributed by atoms with van der Waals surface area (Å²) < 4.78 is 0. The van der Waals surface area contributed by atoms with Crippen LogP contribution >= 0.6 is 0 Å². The second kappa shape index (κ2) is 6.68. The lowest BCUT2D eigenvalue weighted by molar-refractivity contribution is -0.123. The van der Waals surface area contributed by atoms with Gasteiger partial charge in [0.2, 0.25) is 5.91 Å². The van der Waals surface area contributed by atoms with E-state index in [0.717, 1.165) is 31.2 Å². The van der Waals surface area contributed by atoms with Crippen molar-refractivity contribution in [3.8, 4) is 0 Å². The monoisotopic (exact) mass is 262 g/mol. The van der Waals surface area contributed by atoms with Crippen LogP contribution in [0, 0.1) is 0 Å². The topological polar surface area (TPSA) is 75.4 Å². The average Bonchev–Trinajstić information content (AvgIpc) is 2.42. The minimum absolute atomic E-state index is 0.0924. The molecule has 1 amide bonds. The number of nitrogens with one attached hydrogen (secondary N) is 1. The summed E-state index contributed by atoms with van der Waals surface area (Å²) in [6, 6.07) is 9.45. The Kier molecular flexibility index (Phi) is 4.93. The molecule has 0 unspecified atom stereocenters. The maximum absolute atomic E-state index is 12.0. The quantitative estimate of drug-likeness (QED) is 0.757. The highest BCUT2D eigenvalue weighted by molar-refractivity contribution is 5.82. The Morgan fingerprint density at radius 1 is 1.26 bits per heavy atom. The fourth-order valence-electron chi connectivity index (χ4n) is 2.49. The van der Waals surface area contributed by atoms with Gasteiger partial charge in [0.1, 0.15) is 0 Å². The van der Waals surface area contributed by atoms with Crippen LogP contribution in [0.15, 0.2) is 30.3 Å². The standard InChI is InChI=1S/C15H22N2O2/c16-14(10-11-4-2-1-3-5-11)15(19)17-12-6-8-13(18)9-7-12/h1-5,12-14,18H,6-10,16H2,(H,17,19)/t12?,13?,14-/m0/s1. The third kappa shape index (κ3) is 4.33. The van der Waals surface area contributed by atoms with Crippen molar-refractivity contribution in [2.75, 3.05) is 0 Å². The second-order valence-corrected chi connectivity index (χ2v) is 5.31. The molecule has 0 aliphatic heterocycles. The van der Waals surface area contributed by atoms with Gasteiger partial charge < -0.3 is 16.2 Å². The summed E-state index contributed by atoms with van der Waals surface area (Å²) >= 11 is 0. The van der Waals surface area contributed by atoms with Gasteiger partial charge >= 0.3 is 0 Å². The molecule has 1 aromatic carbocycles. The van der Waals surface area contributed by atoms with Crippen LogP contribution in [-0.4, -0.2) is 29.2 Å². The number of aliphatic hydroxyl groups excluding tert-OH is 1. The van der Waals surface area contributed by atoms with Gasteiger partial charge in [-0.3, -0.25) is 4.79 Å². The van der Waals surface area contributed by atoms with Gasteiger partial charge in [-0.15, -0.1) is 0 Å². The fourth-order valence-corrected chi connectivity index (χ4v) is 2.49. The number of carbonyl (C=O) groups excluding carboxylic acids is 1. The maximum atomic E-state index is 12.0. The van der Waals surface area contributed by atoms with Gasteiger partial charge in [0.25, 0.3) is 0 Å². The molecule has 1 atom stereocenters. The lowest BCUT2D eigenvalue weighted by atomic mass is 9.93. The number of carbonyl (C=O) groups is 1. The molecule has 0 bridgehead atoms. The van der Waals surface area contributed by atoms with Gasteiger partial charge in [0.05, 0.1) is 12.1 Å². The Bertz CT molecular complexity index is 400. The van der Waals surface area contributed by atoms with Crippen molar-refractivity contribution < 1.29 is 9.90 Å². The van der Waals surface area contributed by atoms with Crippen LogP contribution in [-0.2, 0) is 11.2 Å². The zero-order valence-corrected chi connectivity index (χ0v) is 11.1. The summed E-state index contributed by atoms with van der Waals surface area (Å²) in [5, 5.41) is 12.4. The van der Waals surface area contributed by atoms with Gasteiger partial charge in [0.15, 0.2) is 0 Å². The molecule has 0 radical (unpaired) electrons. The van der Waals surface area contributed by atoms with E-state index >= 15 is 0 Å². The maximum Gasteiger partial charge on any atom is 0.237 e. The first-order valence-corrected chi connectivity index (χ1v) is 6.93. The van der Waals surface area contributed by atoms with Crippen LogP contribution in [0.2, 0.25) is 0 Å². The van der Waals surface area contributed by atoms with Crippen molar-refractivity contribution in [2.24, 2.45) is 5.73 Å². The molecule has 1 saturated carbocycles. The normalized spacial score (nSPS) is 24.7. The van der Waals surface area contributed by atoms with Crippen LogP contribution in [0.4, 0.5) is 0 Å². The Hall–Kier alpha value is -1.39. The molecule has 1 aromatic rings. The van der Waals surface area contributed by atoms with Gasteiger partial charge in [-0.25, -0.2) is 0 Å². The van der Waals surface area contributed by atoms with Crippen LogP contribution in [0.1, 0.15) is 31.2 Å². The SMILES string of the molecule is N[C@@H](Cc1ccccc1)C(=O)NC1CCC(O)CC1. The third-order valence-electron chi connectivity index (χ3n) is 3.68. The first-order valence-electron chi connectivity index (χ1n) is 6.93. The number of benzene rings is 1. The third-order valence-corrected chi connectivity index (χ3v) is 3.68. The van der Waals surface area contributed by atoms with E-state index in [0.29, 0.717) is 6.42 Å². The van der Waals surface area contributed by atoms with E-state index in [9.17, 15) is 9.90 Å². The zero-order valence-electron chi connectivity index (χ0n) is 11.1. The Morgan fingerprint density at radius 3 is 2.53 bits per heavy atom. The summed E-state index contributed by atoms with van der Waals surface area (Å²) in [7, 11) is 0. The first-order chi connectivity index (χ1) is 9.15. The molecule has 4 N–H and O–H groups in total. The lowest BCUT2D eigenvalue weighted by Crippen LogP contribution is -2.47. The fraction of sp³-hybridized carbons (Fsp3) is 0.533. The molecule has 4 heteroatoms. The second-order valence-electron chi connectivity index (χ2n) is 5.31. The minimum atomic E-state index is -0.505. The number of hydrogen-bond donors (Lipinski definition) is 3. The smallest absolute Gasteiger partial charge is 0.237 e.